The number of hydrogen-bond acceptors (Lipinski definition) is 21. The first-order valence-corrected chi connectivity index (χ1v) is 56.5. The van der Waals surface area contributed by atoms with E-state index in [1.165, 1.54) is 54.4 Å². The van der Waals surface area contributed by atoms with Gasteiger partial charge in [0.2, 0.25) is 6.10 Å². The number of benzene rings is 6. The third kappa shape index (κ3) is 38.6. The van der Waals surface area contributed by atoms with Gasteiger partial charge in [-0.3, -0.25) is 14.4 Å². The number of cyclic esters (lactones) is 1. The van der Waals surface area contributed by atoms with Crippen LogP contribution in [0, 0.1) is 28.1 Å². The molecular formula is C127H192O21. The van der Waals surface area contributed by atoms with Crippen LogP contribution >= 0.6 is 0 Å². The average molecular weight is 2050 g/mol. The van der Waals surface area contributed by atoms with Crippen molar-refractivity contribution in [2.75, 3.05) is 6.61 Å². The van der Waals surface area contributed by atoms with E-state index in [0.29, 0.717) is 107 Å². The smallest absolute Gasteiger partial charge is 0.347 e. The molecule has 1 aliphatic heterocycles. The van der Waals surface area contributed by atoms with Gasteiger partial charge in [0.25, 0.3) is 0 Å². The van der Waals surface area contributed by atoms with Crippen molar-refractivity contribution < 1.29 is 102 Å². The first kappa shape index (κ1) is 127. The molecule has 0 radical (unpaired) electrons. The van der Waals surface area contributed by atoms with Crippen LogP contribution in [0.1, 0.15) is 529 Å². The predicted octanol–water partition coefficient (Wildman–Crippen LogP) is 32.2. The predicted molar refractivity (Wildman–Crippen MR) is 593 cm³/mol. The molecule has 8 saturated carbocycles. The average Bonchev–Trinajstić information content (AvgIpc) is 1.16. The zero-order valence-electron chi connectivity index (χ0n) is 96.1. The molecule has 9 unspecified atom stereocenters. The van der Waals surface area contributed by atoms with Gasteiger partial charge in [-0.15, -0.1) is 0 Å². The normalized spacial score (nSPS) is 21.0. The summed E-state index contributed by atoms with van der Waals surface area (Å²) in [6.45, 7) is 57.5. The standard InChI is InChI=1S/2C18H26O3.C18H26O2.C16H26O3.C15H22O2.C12H22O2.C10H16O4.2C10H14O/c2*1-4-13(3)14-8-9-16(19)15(12-14)17(20)21-18(5-2)10-6-7-11-18;1-4-14(3)15-8-10-16(11-9-15)17(19)20-18(5-2)12-6-7-13-18;1-4-14(2,3)13(17)19-16-8-11-5-12(9-16)7-15(18,6-11)10-16;1-6-11(2)12-7-9-13(10-8-12)14(16)17-15(3,4)5;1-5-11(2,3)10(13)14-12(4)8-6-7-9-12;1-4-10(2,3)9(12)14-7-5-6-13-8(7)11;2*1-3-8(2)9-4-6-10(11)7-5-9/h2*8-9,12-13,19H,4-7,10-11H2,1-3H3;8-11,14H,4-7,12-13H2,1-3H3;11-12,18H,4-10H2,1-3H3;7-11H,6H2,1-5H3;5-9H2,1-4H3;7H,4-6H2,1-3H3;2*4-8,11H,3H2,1-2H3. The van der Waals surface area contributed by atoms with Gasteiger partial charge < -0.3 is 63.4 Å². The van der Waals surface area contributed by atoms with E-state index in [9.17, 15) is 53.7 Å². The second-order valence-electron chi connectivity index (χ2n) is 47.1. The Labute approximate surface area is 890 Å². The number of aromatic hydroxyl groups is 4. The molecular weight excluding hydrogens is 1860 g/mol. The maximum absolute atomic E-state index is 12.5. The van der Waals surface area contributed by atoms with E-state index in [0.717, 1.165) is 184 Å². The maximum Gasteiger partial charge on any atom is 0.347 e. The third-order valence-corrected chi connectivity index (χ3v) is 33.2. The van der Waals surface area contributed by atoms with Crippen LogP contribution in [0.25, 0.3) is 0 Å². The van der Waals surface area contributed by atoms with Crippen molar-refractivity contribution in [3.8, 4) is 23.0 Å². The molecule has 8 aliphatic carbocycles. The highest BCUT2D eigenvalue weighted by atomic mass is 16.6. The highest BCUT2D eigenvalue weighted by Crippen LogP contribution is 2.59. The molecule has 826 valence electrons. The monoisotopic (exact) mass is 2050 g/mol. The minimum atomic E-state index is -0.687. The van der Waals surface area contributed by atoms with Crippen LogP contribution in [0.5, 0.6) is 23.0 Å². The van der Waals surface area contributed by atoms with Crippen molar-refractivity contribution in [1.82, 2.24) is 0 Å². The van der Waals surface area contributed by atoms with Crippen LogP contribution in [0.15, 0.2) is 133 Å². The highest BCUT2D eigenvalue weighted by molar-refractivity contribution is 5.94. The molecule has 1 saturated heterocycles. The van der Waals surface area contributed by atoms with E-state index in [2.05, 4.69) is 123 Å². The molecule has 4 bridgehead atoms. The Morgan fingerprint density at radius 1 is 0.372 bits per heavy atom. The first-order chi connectivity index (χ1) is 69.5. The minimum Gasteiger partial charge on any atom is -0.508 e. The molecule has 6 aromatic rings. The Bertz CT molecular complexity index is 4910. The van der Waals surface area contributed by atoms with Crippen LogP contribution in [0.4, 0.5) is 0 Å². The molecule has 9 aliphatic rings. The molecule has 0 aromatic heterocycles. The fourth-order valence-electron chi connectivity index (χ4n) is 20.2. The van der Waals surface area contributed by atoms with Gasteiger partial charge in [-0.2, -0.15) is 0 Å². The summed E-state index contributed by atoms with van der Waals surface area (Å²) in [5.41, 5.74) is 5.53. The number of carbonyl (C=O) groups excluding carboxylic acids is 8. The summed E-state index contributed by atoms with van der Waals surface area (Å²) in [6, 6.07) is 41.0. The van der Waals surface area contributed by atoms with Gasteiger partial charge in [-0.1, -0.05) is 185 Å². The van der Waals surface area contributed by atoms with Gasteiger partial charge in [0, 0.05) is 12.8 Å². The van der Waals surface area contributed by atoms with Crippen molar-refractivity contribution >= 4 is 47.8 Å². The third-order valence-electron chi connectivity index (χ3n) is 33.2. The molecule has 148 heavy (non-hydrogen) atoms. The molecule has 15 rings (SSSR count). The fourth-order valence-corrected chi connectivity index (χ4v) is 20.2. The summed E-state index contributed by atoms with van der Waals surface area (Å²) in [4.78, 5) is 95.8. The van der Waals surface area contributed by atoms with Gasteiger partial charge in [0.1, 0.15) is 67.7 Å². The topological polar surface area (TPSA) is 312 Å². The van der Waals surface area contributed by atoms with Crippen LogP contribution in [-0.2, 0) is 57.1 Å². The first-order valence-electron chi connectivity index (χ1n) is 56.5. The van der Waals surface area contributed by atoms with E-state index in [-0.39, 0.29) is 86.7 Å². The van der Waals surface area contributed by atoms with Gasteiger partial charge in [0.15, 0.2) is 0 Å². The highest BCUT2D eigenvalue weighted by Gasteiger charge is 2.60. The lowest BCUT2D eigenvalue weighted by Gasteiger charge is -2.59. The number of aliphatic hydroxyl groups is 1. The molecule has 21 heteroatoms. The number of rotatable bonds is 31. The summed E-state index contributed by atoms with van der Waals surface area (Å²) >= 11 is 0. The largest absolute Gasteiger partial charge is 0.508 e. The Balaban J connectivity index is 0.000000256. The van der Waals surface area contributed by atoms with Crippen LogP contribution in [-0.4, -0.2) is 125 Å². The molecule has 0 spiro atoms. The van der Waals surface area contributed by atoms with Crippen molar-refractivity contribution in [3.63, 3.8) is 0 Å². The summed E-state index contributed by atoms with van der Waals surface area (Å²) in [5.74, 6) is 2.74. The molecule has 6 aromatic carbocycles. The molecule has 5 N–H and O–H groups in total. The number of hydrogen-bond donors (Lipinski definition) is 5. The summed E-state index contributed by atoms with van der Waals surface area (Å²) in [7, 11) is 0. The SMILES string of the molecule is CCC(C)(C)C(=O)OC1(C)CCCC1.CCC(C)(C)C(=O)OC12CC3CC(CC(O)(C3)C1)C2.CCC(C)(C)C(=O)OC1CCOC1=O.CCC(C)c1ccc(C(=O)OC(C)(C)C)cc1.CCC(C)c1ccc(C(=O)OC2(CC)CCCC2)cc1.CCC(C)c1ccc(O)c(C(=O)OC2(CC)CCCC2)c1.CCC(C)c1ccc(O)c(C(=O)OC2(CC)CCCC2)c1.CCC(C)c1ccc(O)cc1.CCC(C)c1ccc(O)cc1. The quantitative estimate of drug-likeness (QED) is 0.0199. The fraction of sp³-hybridized carbons (Fsp3) is 0.654. The Kier molecular flexibility index (Phi) is 49.9. The minimum absolute atomic E-state index is 0.0105. The van der Waals surface area contributed by atoms with Crippen molar-refractivity contribution in [2.45, 2.75) is 499 Å². The summed E-state index contributed by atoms with van der Waals surface area (Å²) in [6.07, 6.45) is 33.8. The Hall–Kier alpha value is -9.76. The number of phenolic OH excluding ortho intramolecular Hbond substituents is 4. The summed E-state index contributed by atoms with van der Waals surface area (Å²) < 4.78 is 44.1. The Morgan fingerprint density at radius 3 is 0.973 bits per heavy atom. The lowest BCUT2D eigenvalue weighted by molar-refractivity contribution is -0.225. The molecule has 1 heterocycles. The second-order valence-corrected chi connectivity index (χ2v) is 47.1. The van der Waals surface area contributed by atoms with Gasteiger partial charge in [-0.25, -0.2) is 24.0 Å². The molecule has 9 fully saturated rings. The number of ether oxygens (including phenoxy) is 8. The Morgan fingerprint density at radius 2 is 0.669 bits per heavy atom. The van der Waals surface area contributed by atoms with Crippen LogP contribution in [0.3, 0.4) is 0 Å². The van der Waals surface area contributed by atoms with Crippen molar-refractivity contribution in [3.05, 3.63) is 189 Å². The second kappa shape index (κ2) is 58.2. The summed E-state index contributed by atoms with van der Waals surface area (Å²) in [5, 5.41) is 48.7. The van der Waals surface area contributed by atoms with E-state index in [1.807, 2.05) is 142 Å². The maximum atomic E-state index is 12.5. The lowest BCUT2D eigenvalue weighted by Crippen LogP contribution is -2.61. The number of phenols is 4. The zero-order chi connectivity index (χ0) is 111. The van der Waals surface area contributed by atoms with Crippen molar-refractivity contribution in [1.29, 1.82) is 0 Å². The van der Waals surface area contributed by atoms with E-state index in [4.69, 9.17) is 48.1 Å². The lowest BCUT2D eigenvalue weighted by atomic mass is 9.52. The van der Waals surface area contributed by atoms with E-state index >= 15 is 0 Å². The van der Waals surface area contributed by atoms with Crippen LogP contribution in [0.2, 0.25) is 0 Å². The zero-order valence-corrected chi connectivity index (χ0v) is 96.1. The molecule has 21 nitrogen and oxygen atoms in total. The number of carbonyl (C=O) groups is 8. The van der Waals surface area contributed by atoms with Gasteiger partial charge >= 0.3 is 47.8 Å². The molecule has 9 atom stereocenters. The van der Waals surface area contributed by atoms with Gasteiger partial charge in [0.05, 0.1) is 39.6 Å². The van der Waals surface area contributed by atoms with E-state index < -0.39 is 34.1 Å². The van der Waals surface area contributed by atoms with Crippen LogP contribution < -0.4 is 0 Å². The molecule has 0 amide bonds. The number of esters is 8. The van der Waals surface area contributed by atoms with Crippen molar-refractivity contribution in [2.24, 2.45) is 28.1 Å². The van der Waals surface area contributed by atoms with E-state index in [1.54, 1.807) is 62.4 Å². The van der Waals surface area contributed by atoms with Gasteiger partial charge in [-0.05, 0) is 435 Å².